The van der Waals surface area contributed by atoms with E-state index in [-0.39, 0.29) is 18.3 Å². The number of rotatable bonds is 6. The summed E-state index contributed by atoms with van der Waals surface area (Å²) in [5.74, 6) is 0.428. The van der Waals surface area contributed by atoms with Crippen LogP contribution in [0.4, 0.5) is 5.69 Å². The summed E-state index contributed by atoms with van der Waals surface area (Å²) in [6.45, 7) is 0.128. The van der Waals surface area contributed by atoms with Crippen molar-refractivity contribution in [1.29, 1.82) is 0 Å². The number of nitrogens with zero attached hydrogens (tertiary/aromatic N) is 3. The molecule has 3 aromatic rings. The Morgan fingerprint density at radius 1 is 1.14 bits per heavy atom. The number of hydrogen-bond acceptors (Lipinski definition) is 6. The molecule has 0 bridgehead atoms. The summed E-state index contributed by atoms with van der Waals surface area (Å²) in [6, 6.07) is 13.1. The first-order chi connectivity index (χ1) is 13.2. The monoisotopic (exact) mass is 420 g/mol. The van der Waals surface area contributed by atoms with Crippen molar-refractivity contribution in [3.05, 3.63) is 65.0 Å². The molecule has 8 nitrogen and oxygen atoms in total. The number of benzene rings is 2. The molecule has 0 radical (unpaired) electrons. The number of hydrogen-bond donors (Lipinski definition) is 1. The summed E-state index contributed by atoms with van der Waals surface area (Å²) in [5, 5.41) is 4.52. The summed E-state index contributed by atoms with van der Waals surface area (Å²) in [5.41, 5.74) is 1.53. The normalized spacial score (nSPS) is 11.2. The standard InChI is InChI=1S/C18H17ClN4O4S/c1-23(18(24)13-5-9-15(10-6-13)22-28(2,25)26)11-16-20-17(21-27-16)12-3-7-14(19)8-4-12/h3-10,22H,11H2,1-2H3. The van der Waals surface area contributed by atoms with Gasteiger partial charge in [0.25, 0.3) is 5.91 Å². The third-order valence-corrected chi connectivity index (χ3v) is 4.58. The maximum atomic E-state index is 12.5. The number of aromatic nitrogens is 2. The third kappa shape index (κ3) is 5.08. The molecule has 0 aliphatic rings. The molecule has 2 aromatic carbocycles. The zero-order valence-electron chi connectivity index (χ0n) is 15.1. The Morgan fingerprint density at radius 3 is 2.39 bits per heavy atom. The minimum atomic E-state index is -3.37. The summed E-state index contributed by atoms with van der Waals surface area (Å²) < 4.78 is 30.0. The maximum Gasteiger partial charge on any atom is 0.254 e. The van der Waals surface area contributed by atoms with Gasteiger partial charge in [0.15, 0.2) is 0 Å². The largest absolute Gasteiger partial charge is 0.337 e. The molecule has 0 aliphatic carbocycles. The lowest BCUT2D eigenvalue weighted by atomic mass is 10.2. The zero-order valence-corrected chi connectivity index (χ0v) is 16.7. The molecule has 1 N–H and O–H groups in total. The topological polar surface area (TPSA) is 105 Å². The highest BCUT2D eigenvalue weighted by Crippen LogP contribution is 2.19. The second kappa shape index (κ2) is 7.99. The van der Waals surface area contributed by atoms with Crippen molar-refractivity contribution < 1.29 is 17.7 Å². The molecule has 10 heteroatoms. The van der Waals surface area contributed by atoms with Crippen molar-refractivity contribution in [3.63, 3.8) is 0 Å². The van der Waals surface area contributed by atoms with E-state index in [4.69, 9.17) is 16.1 Å². The molecular formula is C18H17ClN4O4S. The second-order valence-corrected chi connectivity index (χ2v) is 8.32. The minimum absolute atomic E-state index is 0.128. The average Bonchev–Trinajstić information content (AvgIpc) is 3.09. The Labute approximate surface area is 167 Å². The molecule has 3 rings (SSSR count). The van der Waals surface area contributed by atoms with Crippen LogP contribution in [0, 0.1) is 0 Å². The van der Waals surface area contributed by atoms with Crippen LogP contribution in [-0.4, -0.2) is 42.7 Å². The minimum Gasteiger partial charge on any atom is -0.337 e. The first kappa shape index (κ1) is 19.8. The molecule has 0 spiro atoms. The molecule has 0 fully saturated rings. The van der Waals surface area contributed by atoms with E-state index in [9.17, 15) is 13.2 Å². The lowest BCUT2D eigenvalue weighted by Gasteiger charge is -2.15. The number of carbonyl (C=O) groups is 1. The van der Waals surface area contributed by atoms with E-state index in [1.807, 2.05) is 0 Å². The molecule has 0 unspecified atom stereocenters. The average molecular weight is 421 g/mol. The van der Waals surface area contributed by atoms with Gasteiger partial charge in [-0.3, -0.25) is 9.52 Å². The Morgan fingerprint density at radius 2 is 1.79 bits per heavy atom. The van der Waals surface area contributed by atoms with Gasteiger partial charge in [-0.2, -0.15) is 4.98 Å². The van der Waals surface area contributed by atoms with Gasteiger partial charge in [-0.25, -0.2) is 8.42 Å². The van der Waals surface area contributed by atoms with Gasteiger partial charge in [0, 0.05) is 28.9 Å². The van der Waals surface area contributed by atoms with Gasteiger partial charge in [-0.1, -0.05) is 16.8 Å². The van der Waals surface area contributed by atoms with Crippen LogP contribution in [0.5, 0.6) is 0 Å². The van der Waals surface area contributed by atoms with Crippen molar-refractivity contribution >= 4 is 33.2 Å². The fraction of sp³-hybridized carbons (Fsp3) is 0.167. The second-order valence-electron chi connectivity index (χ2n) is 6.13. The number of anilines is 1. The van der Waals surface area contributed by atoms with Crippen LogP contribution in [0.15, 0.2) is 53.1 Å². The lowest BCUT2D eigenvalue weighted by Crippen LogP contribution is -2.26. The van der Waals surface area contributed by atoms with Gasteiger partial charge in [0.1, 0.15) is 0 Å². The summed E-state index contributed by atoms with van der Waals surface area (Å²) in [6.07, 6.45) is 1.06. The van der Waals surface area contributed by atoms with Gasteiger partial charge >= 0.3 is 0 Å². The Bertz CT molecular complexity index is 1080. The molecule has 0 saturated heterocycles. The highest BCUT2D eigenvalue weighted by molar-refractivity contribution is 7.92. The van der Waals surface area contributed by atoms with E-state index in [2.05, 4.69) is 14.9 Å². The Kier molecular flexibility index (Phi) is 5.66. The SMILES string of the molecule is CN(Cc1nc(-c2ccc(Cl)cc2)no1)C(=O)c1ccc(NS(C)(=O)=O)cc1. The first-order valence-corrected chi connectivity index (χ1v) is 10.4. The van der Waals surface area contributed by atoms with Crippen LogP contribution in [0.1, 0.15) is 16.2 Å². The molecule has 0 atom stereocenters. The molecule has 1 aromatic heterocycles. The van der Waals surface area contributed by atoms with E-state index >= 15 is 0 Å². The van der Waals surface area contributed by atoms with E-state index in [1.165, 1.54) is 17.0 Å². The zero-order chi connectivity index (χ0) is 20.3. The fourth-order valence-corrected chi connectivity index (χ4v) is 3.12. The highest BCUT2D eigenvalue weighted by Gasteiger charge is 2.16. The van der Waals surface area contributed by atoms with Crippen LogP contribution in [-0.2, 0) is 16.6 Å². The van der Waals surface area contributed by atoms with E-state index in [0.29, 0.717) is 22.1 Å². The number of halogens is 1. The molecule has 0 saturated carbocycles. The van der Waals surface area contributed by atoms with Crippen molar-refractivity contribution in [2.24, 2.45) is 0 Å². The first-order valence-electron chi connectivity index (χ1n) is 8.13. The van der Waals surface area contributed by atoms with Crippen LogP contribution in [0.3, 0.4) is 0 Å². The van der Waals surface area contributed by atoms with Gasteiger partial charge in [-0.05, 0) is 48.5 Å². The smallest absolute Gasteiger partial charge is 0.254 e. The van der Waals surface area contributed by atoms with E-state index in [0.717, 1.165) is 11.8 Å². The quantitative estimate of drug-likeness (QED) is 0.657. The van der Waals surface area contributed by atoms with Gasteiger partial charge in [0.05, 0.1) is 12.8 Å². The van der Waals surface area contributed by atoms with E-state index < -0.39 is 10.0 Å². The van der Waals surface area contributed by atoms with Crippen LogP contribution >= 0.6 is 11.6 Å². The molecule has 1 heterocycles. The Balaban J connectivity index is 1.66. The maximum absolute atomic E-state index is 12.5. The highest BCUT2D eigenvalue weighted by atomic mass is 35.5. The molecule has 146 valence electrons. The third-order valence-electron chi connectivity index (χ3n) is 3.72. The van der Waals surface area contributed by atoms with Gasteiger partial charge in [-0.15, -0.1) is 0 Å². The lowest BCUT2D eigenvalue weighted by molar-refractivity contribution is 0.0769. The summed E-state index contributed by atoms with van der Waals surface area (Å²) >= 11 is 5.87. The van der Waals surface area contributed by atoms with Gasteiger partial charge < -0.3 is 9.42 Å². The molecule has 0 aliphatic heterocycles. The number of carbonyl (C=O) groups excluding carboxylic acids is 1. The predicted molar refractivity (Wildman–Crippen MR) is 105 cm³/mol. The van der Waals surface area contributed by atoms with Crippen LogP contribution in [0.25, 0.3) is 11.4 Å². The van der Waals surface area contributed by atoms with Gasteiger partial charge in [0.2, 0.25) is 21.7 Å². The summed E-state index contributed by atoms with van der Waals surface area (Å²) in [4.78, 5) is 18.3. The Hall–Kier alpha value is -2.91. The van der Waals surface area contributed by atoms with Crippen molar-refractivity contribution in [2.75, 3.05) is 18.0 Å². The number of amides is 1. The molecule has 28 heavy (non-hydrogen) atoms. The van der Waals surface area contributed by atoms with E-state index in [1.54, 1.807) is 43.4 Å². The summed E-state index contributed by atoms with van der Waals surface area (Å²) in [7, 11) is -1.76. The van der Waals surface area contributed by atoms with Crippen molar-refractivity contribution in [1.82, 2.24) is 15.0 Å². The number of nitrogens with one attached hydrogen (secondary N) is 1. The van der Waals surface area contributed by atoms with Crippen molar-refractivity contribution in [2.45, 2.75) is 6.54 Å². The van der Waals surface area contributed by atoms with Crippen LogP contribution < -0.4 is 4.72 Å². The molecular weight excluding hydrogens is 404 g/mol. The van der Waals surface area contributed by atoms with Crippen LogP contribution in [0.2, 0.25) is 5.02 Å². The predicted octanol–water partition coefficient (Wildman–Crippen LogP) is 3.03. The number of sulfonamides is 1. The van der Waals surface area contributed by atoms with Crippen molar-refractivity contribution in [3.8, 4) is 11.4 Å². The molecule has 1 amide bonds. The fourth-order valence-electron chi connectivity index (χ4n) is 2.43.